The number of benzene rings is 1. The Labute approximate surface area is 79.9 Å². The zero-order valence-electron chi connectivity index (χ0n) is 5.93. The lowest BCUT2D eigenvalue weighted by Gasteiger charge is -2.03. The van der Waals surface area contributed by atoms with Gasteiger partial charge in [-0.25, -0.2) is 8.78 Å². The van der Waals surface area contributed by atoms with E-state index in [2.05, 4.69) is 0 Å². The van der Waals surface area contributed by atoms with Crippen molar-refractivity contribution in [3.05, 3.63) is 28.8 Å². The SMILES string of the molecule is Cl.Nc1ccc(Cl)cc1C(F)F. The topological polar surface area (TPSA) is 26.0 Å². The van der Waals surface area contributed by atoms with Crippen molar-refractivity contribution in [2.75, 3.05) is 5.73 Å². The molecule has 0 unspecified atom stereocenters. The summed E-state index contributed by atoms with van der Waals surface area (Å²) >= 11 is 5.47. The molecular formula is C7H7Cl2F2N. The van der Waals surface area contributed by atoms with E-state index in [0.717, 1.165) is 0 Å². The van der Waals surface area contributed by atoms with Crippen LogP contribution in [0.1, 0.15) is 12.0 Å². The highest BCUT2D eigenvalue weighted by Gasteiger charge is 2.10. The molecule has 1 aromatic carbocycles. The van der Waals surface area contributed by atoms with Crippen molar-refractivity contribution in [3.63, 3.8) is 0 Å². The number of halogens is 4. The molecule has 0 spiro atoms. The van der Waals surface area contributed by atoms with Crippen LogP contribution in [0.4, 0.5) is 14.5 Å². The lowest BCUT2D eigenvalue weighted by molar-refractivity contribution is 0.152. The monoisotopic (exact) mass is 213 g/mol. The number of nitrogen functional groups attached to an aromatic ring is 1. The Bertz CT molecular complexity index is 266. The van der Waals surface area contributed by atoms with Crippen LogP contribution in [-0.4, -0.2) is 0 Å². The van der Waals surface area contributed by atoms with Crippen LogP contribution in [0.2, 0.25) is 5.02 Å². The molecule has 0 fully saturated rings. The Kier molecular flexibility index (Phi) is 4.28. The number of anilines is 1. The molecule has 0 amide bonds. The van der Waals surface area contributed by atoms with Gasteiger partial charge in [0.25, 0.3) is 6.43 Å². The second-order valence-electron chi connectivity index (χ2n) is 2.07. The van der Waals surface area contributed by atoms with E-state index in [1.807, 2.05) is 0 Å². The summed E-state index contributed by atoms with van der Waals surface area (Å²) in [5.74, 6) is 0. The summed E-state index contributed by atoms with van der Waals surface area (Å²) in [6.07, 6.45) is -2.56. The van der Waals surface area contributed by atoms with Crippen LogP contribution in [0.5, 0.6) is 0 Å². The van der Waals surface area contributed by atoms with Crippen molar-refractivity contribution in [1.82, 2.24) is 0 Å². The summed E-state index contributed by atoms with van der Waals surface area (Å²) < 4.78 is 24.1. The molecule has 0 radical (unpaired) electrons. The highest BCUT2D eigenvalue weighted by atomic mass is 35.5. The van der Waals surface area contributed by atoms with Gasteiger partial charge in [0.15, 0.2) is 0 Å². The van der Waals surface area contributed by atoms with E-state index in [4.69, 9.17) is 17.3 Å². The molecule has 0 bridgehead atoms. The van der Waals surface area contributed by atoms with E-state index in [1.165, 1.54) is 18.2 Å². The Morgan fingerprint density at radius 2 is 1.92 bits per heavy atom. The van der Waals surface area contributed by atoms with Gasteiger partial charge >= 0.3 is 0 Å². The fraction of sp³-hybridized carbons (Fsp3) is 0.143. The third-order valence-corrected chi connectivity index (χ3v) is 1.52. The fourth-order valence-electron chi connectivity index (χ4n) is 0.735. The molecule has 1 aromatic rings. The summed E-state index contributed by atoms with van der Waals surface area (Å²) in [7, 11) is 0. The first kappa shape index (κ1) is 11.5. The maximum Gasteiger partial charge on any atom is 0.265 e. The lowest BCUT2D eigenvalue weighted by Crippen LogP contribution is -1.93. The smallest absolute Gasteiger partial charge is 0.265 e. The molecule has 0 saturated heterocycles. The molecule has 68 valence electrons. The Balaban J connectivity index is 0.00000121. The maximum absolute atomic E-state index is 12.1. The van der Waals surface area contributed by atoms with Crippen LogP contribution < -0.4 is 5.73 Å². The molecule has 0 saturated carbocycles. The molecule has 1 nitrogen and oxygen atoms in total. The molecule has 2 N–H and O–H groups in total. The van der Waals surface area contributed by atoms with Crippen LogP contribution in [0.15, 0.2) is 18.2 Å². The quantitative estimate of drug-likeness (QED) is 0.713. The zero-order valence-corrected chi connectivity index (χ0v) is 7.50. The number of hydrogen-bond donors (Lipinski definition) is 1. The average molecular weight is 214 g/mol. The van der Waals surface area contributed by atoms with Gasteiger partial charge < -0.3 is 5.73 Å². The van der Waals surface area contributed by atoms with Crippen molar-refractivity contribution in [2.24, 2.45) is 0 Å². The Morgan fingerprint density at radius 3 is 2.33 bits per heavy atom. The fourth-order valence-corrected chi connectivity index (χ4v) is 0.915. The van der Waals surface area contributed by atoms with Crippen molar-refractivity contribution in [2.45, 2.75) is 6.43 Å². The van der Waals surface area contributed by atoms with Crippen molar-refractivity contribution in [1.29, 1.82) is 0 Å². The molecular weight excluding hydrogens is 207 g/mol. The lowest BCUT2D eigenvalue weighted by atomic mass is 10.2. The third-order valence-electron chi connectivity index (χ3n) is 1.28. The second-order valence-corrected chi connectivity index (χ2v) is 2.51. The van der Waals surface area contributed by atoms with Crippen molar-refractivity contribution in [3.8, 4) is 0 Å². The van der Waals surface area contributed by atoms with E-state index in [9.17, 15) is 8.78 Å². The minimum absolute atomic E-state index is 0. The Morgan fingerprint density at radius 1 is 1.33 bits per heavy atom. The predicted molar refractivity (Wildman–Crippen MR) is 48.1 cm³/mol. The minimum atomic E-state index is -2.56. The summed E-state index contributed by atoms with van der Waals surface area (Å²) in [4.78, 5) is 0. The van der Waals surface area contributed by atoms with Gasteiger partial charge in [-0.3, -0.25) is 0 Å². The highest BCUT2D eigenvalue weighted by Crippen LogP contribution is 2.27. The first-order chi connectivity index (χ1) is 5.11. The molecule has 0 atom stereocenters. The highest BCUT2D eigenvalue weighted by molar-refractivity contribution is 6.30. The van der Waals surface area contributed by atoms with E-state index in [-0.39, 0.29) is 28.7 Å². The van der Waals surface area contributed by atoms with Crippen LogP contribution in [0.25, 0.3) is 0 Å². The Hall–Kier alpha value is -0.540. The van der Waals surface area contributed by atoms with Crippen LogP contribution in [0.3, 0.4) is 0 Å². The molecule has 0 heterocycles. The predicted octanol–water partition coefficient (Wildman–Crippen LogP) is 3.28. The van der Waals surface area contributed by atoms with Gasteiger partial charge in [0.05, 0.1) is 0 Å². The van der Waals surface area contributed by atoms with Gasteiger partial charge in [-0.1, -0.05) is 11.6 Å². The number of nitrogens with two attached hydrogens (primary N) is 1. The van der Waals surface area contributed by atoms with Crippen molar-refractivity contribution < 1.29 is 8.78 Å². The average Bonchev–Trinajstić information content (AvgIpc) is 1.94. The van der Waals surface area contributed by atoms with Gasteiger partial charge in [0.2, 0.25) is 0 Å². The van der Waals surface area contributed by atoms with Crippen LogP contribution >= 0.6 is 24.0 Å². The van der Waals surface area contributed by atoms with Gasteiger partial charge in [-0.15, -0.1) is 12.4 Å². The number of alkyl halides is 2. The summed E-state index contributed by atoms with van der Waals surface area (Å²) in [5, 5.41) is 0.273. The summed E-state index contributed by atoms with van der Waals surface area (Å²) in [6, 6.07) is 4.01. The molecule has 0 aliphatic carbocycles. The van der Waals surface area contributed by atoms with Crippen molar-refractivity contribution >= 4 is 29.7 Å². The summed E-state index contributed by atoms with van der Waals surface area (Å²) in [6.45, 7) is 0. The van der Waals surface area contributed by atoms with E-state index in [1.54, 1.807) is 0 Å². The molecule has 0 aliphatic rings. The first-order valence-corrected chi connectivity index (χ1v) is 3.32. The van der Waals surface area contributed by atoms with Crippen LogP contribution in [-0.2, 0) is 0 Å². The van der Waals surface area contributed by atoms with Gasteiger partial charge in [0.1, 0.15) is 0 Å². The maximum atomic E-state index is 12.1. The molecule has 12 heavy (non-hydrogen) atoms. The van der Waals surface area contributed by atoms with Gasteiger partial charge in [-0.2, -0.15) is 0 Å². The minimum Gasteiger partial charge on any atom is -0.398 e. The molecule has 0 aliphatic heterocycles. The standard InChI is InChI=1S/C7H6ClF2N.ClH/c8-4-1-2-6(11)5(3-4)7(9)10;/h1-3,7H,11H2;1H. The zero-order chi connectivity index (χ0) is 8.43. The third kappa shape index (κ3) is 2.50. The molecule has 0 aromatic heterocycles. The first-order valence-electron chi connectivity index (χ1n) is 2.94. The van der Waals surface area contributed by atoms with Crippen LogP contribution in [0, 0.1) is 0 Å². The molecule has 1 rings (SSSR count). The second kappa shape index (κ2) is 4.48. The molecule has 5 heteroatoms. The van der Waals surface area contributed by atoms with Gasteiger partial charge in [0, 0.05) is 16.3 Å². The van der Waals surface area contributed by atoms with Gasteiger partial charge in [-0.05, 0) is 18.2 Å². The largest absolute Gasteiger partial charge is 0.398 e. The number of hydrogen-bond acceptors (Lipinski definition) is 1. The summed E-state index contributed by atoms with van der Waals surface area (Å²) in [5.41, 5.74) is 5.11. The van der Waals surface area contributed by atoms with E-state index >= 15 is 0 Å². The van der Waals surface area contributed by atoms with E-state index in [0.29, 0.717) is 0 Å². The normalized spacial score (nSPS) is 9.67. The van der Waals surface area contributed by atoms with E-state index < -0.39 is 6.43 Å². The number of rotatable bonds is 1.